The minimum Gasteiger partial charge on any atom is -0.465 e. The normalized spacial score (nSPS) is 23.4. The van der Waals surface area contributed by atoms with Crippen molar-refractivity contribution in [3.63, 3.8) is 0 Å². The van der Waals surface area contributed by atoms with Gasteiger partial charge in [-0.2, -0.15) is 0 Å². The first-order valence-electron chi connectivity index (χ1n) is 12.0. The van der Waals surface area contributed by atoms with E-state index in [2.05, 4.69) is 16.4 Å². The number of carbonyl (C=O) groups excluding carboxylic acids is 3. The summed E-state index contributed by atoms with van der Waals surface area (Å²) in [7, 11) is 0. The van der Waals surface area contributed by atoms with Gasteiger partial charge in [-0.3, -0.25) is 19.7 Å². The summed E-state index contributed by atoms with van der Waals surface area (Å²) in [5.74, 6) is -0.759. The number of hydrogen-bond donors (Lipinski definition) is 2. The second-order valence-electron chi connectivity index (χ2n) is 9.67. The Kier molecular flexibility index (Phi) is 5.48. The number of fused-ring (bicyclic) bond motifs is 2. The number of aromatic nitrogens is 1. The molecule has 2 fully saturated rings. The van der Waals surface area contributed by atoms with E-state index < -0.39 is 18.0 Å². The van der Waals surface area contributed by atoms with Crippen molar-refractivity contribution in [2.75, 3.05) is 0 Å². The van der Waals surface area contributed by atoms with Gasteiger partial charge in [0.05, 0.1) is 15.7 Å². The summed E-state index contributed by atoms with van der Waals surface area (Å²) >= 11 is 1.60. The van der Waals surface area contributed by atoms with Gasteiger partial charge in [-0.15, -0.1) is 11.3 Å². The number of piperidine rings is 1. The number of carboxylic acid groups (broad SMARTS) is 1. The van der Waals surface area contributed by atoms with Crippen LogP contribution in [0, 0.1) is 0 Å². The van der Waals surface area contributed by atoms with E-state index in [1.807, 2.05) is 29.8 Å². The largest absolute Gasteiger partial charge is 0.465 e. The Balaban J connectivity index is 1.15. The molecule has 0 unspecified atom stereocenters. The van der Waals surface area contributed by atoms with E-state index >= 15 is 0 Å². The van der Waals surface area contributed by atoms with Crippen LogP contribution in [0.4, 0.5) is 4.79 Å². The van der Waals surface area contributed by atoms with Crippen LogP contribution >= 0.6 is 11.3 Å². The molecule has 10 heteroatoms. The number of amides is 4. The highest BCUT2D eigenvalue weighted by molar-refractivity contribution is 7.16. The molecular weight excluding hydrogens is 480 g/mol. The summed E-state index contributed by atoms with van der Waals surface area (Å²) in [6, 6.07) is 10.8. The van der Waals surface area contributed by atoms with Crippen LogP contribution in [-0.2, 0) is 22.7 Å². The maximum Gasteiger partial charge on any atom is 0.407 e. The number of thiazole rings is 1. The zero-order valence-corrected chi connectivity index (χ0v) is 20.2. The Hall–Kier alpha value is -3.79. The number of imide groups is 1. The molecule has 184 valence electrons. The van der Waals surface area contributed by atoms with E-state index in [0.29, 0.717) is 18.5 Å². The average molecular weight is 505 g/mol. The Morgan fingerprint density at radius 1 is 1.19 bits per heavy atom. The molecule has 1 saturated heterocycles. The van der Waals surface area contributed by atoms with Gasteiger partial charge in [-0.25, -0.2) is 9.78 Å². The van der Waals surface area contributed by atoms with E-state index in [1.165, 1.54) is 15.4 Å². The fourth-order valence-electron chi connectivity index (χ4n) is 5.58. The second-order valence-corrected chi connectivity index (χ2v) is 10.6. The lowest BCUT2D eigenvalue weighted by Gasteiger charge is -2.42. The van der Waals surface area contributed by atoms with Gasteiger partial charge >= 0.3 is 6.09 Å². The van der Waals surface area contributed by atoms with Crippen molar-refractivity contribution in [2.24, 2.45) is 0 Å². The molecule has 1 aliphatic carbocycles. The van der Waals surface area contributed by atoms with Gasteiger partial charge in [0.2, 0.25) is 11.8 Å². The molecule has 1 atom stereocenters. The number of nitrogens with one attached hydrogen (secondary N) is 1. The third kappa shape index (κ3) is 3.81. The van der Waals surface area contributed by atoms with Gasteiger partial charge in [-0.05, 0) is 54.0 Å². The van der Waals surface area contributed by atoms with Gasteiger partial charge in [0.15, 0.2) is 0 Å². The molecule has 6 rings (SSSR count). The molecular formula is C26H24N4O5S. The Morgan fingerprint density at radius 2 is 2.03 bits per heavy atom. The zero-order chi connectivity index (χ0) is 25.0. The third-order valence-electron chi connectivity index (χ3n) is 7.58. The third-order valence-corrected chi connectivity index (χ3v) is 8.37. The van der Waals surface area contributed by atoms with Crippen molar-refractivity contribution >= 4 is 45.4 Å². The lowest BCUT2D eigenvalue weighted by molar-refractivity contribution is -0.136. The Morgan fingerprint density at radius 3 is 2.81 bits per heavy atom. The SMILES string of the molecule is O=C1CC[C@H](N2Cc3ccc(CN(C(=O)O)C4CC(c5cccc6scnc56)C4)cc3C2=O)C(=O)N1. The van der Waals surface area contributed by atoms with Crippen LogP contribution in [-0.4, -0.2) is 55.8 Å². The fraction of sp³-hybridized carbons (Fsp3) is 0.346. The molecule has 2 aromatic carbocycles. The first kappa shape index (κ1) is 22.7. The number of hydrogen-bond acceptors (Lipinski definition) is 6. The summed E-state index contributed by atoms with van der Waals surface area (Å²) in [6.07, 6.45) is 0.991. The highest BCUT2D eigenvalue weighted by atomic mass is 32.1. The first-order valence-corrected chi connectivity index (χ1v) is 12.8. The fourth-order valence-corrected chi connectivity index (χ4v) is 6.29. The minimum atomic E-state index is -0.984. The van der Waals surface area contributed by atoms with Crippen LogP contribution in [0.3, 0.4) is 0 Å². The zero-order valence-electron chi connectivity index (χ0n) is 19.3. The van der Waals surface area contributed by atoms with Crippen LogP contribution in [0.2, 0.25) is 0 Å². The van der Waals surface area contributed by atoms with Crippen molar-refractivity contribution in [3.05, 3.63) is 64.2 Å². The monoisotopic (exact) mass is 504 g/mol. The van der Waals surface area contributed by atoms with Gasteiger partial charge in [-0.1, -0.05) is 24.3 Å². The maximum atomic E-state index is 13.1. The van der Waals surface area contributed by atoms with Crippen molar-refractivity contribution in [3.8, 4) is 0 Å². The van der Waals surface area contributed by atoms with E-state index in [4.69, 9.17) is 0 Å². The number of carbonyl (C=O) groups is 4. The van der Waals surface area contributed by atoms with Crippen LogP contribution in [0.5, 0.6) is 0 Å². The molecule has 4 amide bonds. The molecule has 0 bridgehead atoms. The second kappa shape index (κ2) is 8.70. The molecule has 0 radical (unpaired) electrons. The van der Waals surface area contributed by atoms with Gasteiger partial charge in [0, 0.05) is 31.1 Å². The molecule has 2 N–H and O–H groups in total. The van der Waals surface area contributed by atoms with Crippen molar-refractivity contribution in [1.29, 1.82) is 0 Å². The summed E-state index contributed by atoms with van der Waals surface area (Å²) < 4.78 is 1.14. The minimum absolute atomic E-state index is 0.106. The number of nitrogens with zero attached hydrogens (tertiary/aromatic N) is 3. The van der Waals surface area contributed by atoms with Crippen molar-refractivity contribution in [2.45, 2.75) is 56.8 Å². The quantitative estimate of drug-likeness (QED) is 0.514. The summed E-state index contributed by atoms with van der Waals surface area (Å²) in [5.41, 5.74) is 6.04. The van der Waals surface area contributed by atoms with Crippen LogP contribution < -0.4 is 5.32 Å². The van der Waals surface area contributed by atoms with E-state index in [-0.39, 0.29) is 36.7 Å². The summed E-state index contributed by atoms with van der Waals surface area (Å²) in [5, 5.41) is 12.2. The molecule has 1 saturated carbocycles. The Bertz CT molecular complexity index is 1410. The predicted octanol–water partition coefficient (Wildman–Crippen LogP) is 3.48. The highest BCUT2D eigenvalue weighted by Gasteiger charge is 2.40. The number of para-hydroxylation sites is 1. The topological polar surface area (TPSA) is 120 Å². The van der Waals surface area contributed by atoms with E-state index in [1.54, 1.807) is 17.4 Å². The summed E-state index contributed by atoms with van der Waals surface area (Å²) in [4.78, 5) is 56.4. The Labute approximate surface area is 210 Å². The lowest BCUT2D eigenvalue weighted by Crippen LogP contribution is -2.52. The van der Waals surface area contributed by atoms with Crippen LogP contribution in [0.1, 0.15) is 58.6 Å². The van der Waals surface area contributed by atoms with Crippen LogP contribution in [0.25, 0.3) is 10.2 Å². The molecule has 3 aromatic rings. The standard InChI is InChI=1S/C26H24N4O5S/c31-22-7-6-20(24(32)28-22)30-12-15-5-4-14(8-19(15)25(30)33)11-29(26(34)35)17-9-16(10-17)18-2-1-3-21-23(18)27-13-36-21/h1-5,8,13,16-17,20H,6-7,9-12H2,(H,34,35)(H,28,31,32)/t16?,17?,20-/m0/s1. The molecule has 36 heavy (non-hydrogen) atoms. The van der Waals surface area contributed by atoms with Gasteiger partial charge < -0.3 is 14.9 Å². The molecule has 9 nitrogen and oxygen atoms in total. The van der Waals surface area contributed by atoms with Gasteiger partial charge in [0.1, 0.15) is 6.04 Å². The molecule has 3 heterocycles. The van der Waals surface area contributed by atoms with Crippen molar-refractivity contribution < 1.29 is 24.3 Å². The first-order chi connectivity index (χ1) is 17.4. The molecule has 1 aromatic heterocycles. The van der Waals surface area contributed by atoms with E-state index in [9.17, 15) is 24.3 Å². The smallest absolute Gasteiger partial charge is 0.407 e. The van der Waals surface area contributed by atoms with Gasteiger partial charge in [0.25, 0.3) is 5.91 Å². The molecule has 0 spiro atoms. The summed E-state index contributed by atoms with van der Waals surface area (Å²) in [6.45, 7) is 0.489. The highest BCUT2D eigenvalue weighted by Crippen LogP contribution is 2.43. The molecule has 3 aliphatic rings. The van der Waals surface area contributed by atoms with Crippen molar-refractivity contribution in [1.82, 2.24) is 20.1 Å². The molecule has 2 aliphatic heterocycles. The number of benzene rings is 2. The van der Waals surface area contributed by atoms with Crippen LogP contribution in [0.15, 0.2) is 41.9 Å². The lowest BCUT2D eigenvalue weighted by atomic mass is 9.74. The predicted molar refractivity (Wildman–Crippen MR) is 131 cm³/mol. The number of rotatable bonds is 5. The maximum absolute atomic E-state index is 13.1. The van der Waals surface area contributed by atoms with E-state index in [0.717, 1.165) is 34.2 Å². The average Bonchev–Trinajstić information content (AvgIpc) is 3.43.